The fourth-order valence-corrected chi connectivity index (χ4v) is 2.82. The molecule has 1 aliphatic rings. The normalized spacial score (nSPS) is 18.7. The van der Waals surface area contributed by atoms with E-state index in [0.29, 0.717) is 6.42 Å². The Kier molecular flexibility index (Phi) is 4.94. The molecule has 1 heterocycles. The van der Waals surface area contributed by atoms with E-state index < -0.39 is 17.6 Å². The average molecular weight is 321 g/mol. The van der Waals surface area contributed by atoms with Crippen molar-refractivity contribution in [2.75, 3.05) is 13.7 Å². The van der Waals surface area contributed by atoms with Gasteiger partial charge in [-0.05, 0) is 43.5 Å². The molecular formula is C17H23NO5. The number of hydrogen-bond acceptors (Lipinski definition) is 4. The molecule has 2 rings (SSSR count). The Morgan fingerprint density at radius 1 is 1.39 bits per heavy atom. The van der Waals surface area contributed by atoms with E-state index in [1.807, 2.05) is 26.0 Å². The molecule has 0 bridgehead atoms. The van der Waals surface area contributed by atoms with Crippen LogP contribution in [0.5, 0.6) is 5.75 Å². The highest BCUT2D eigenvalue weighted by molar-refractivity contribution is 5.84. The minimum Gasteiger partial charge on any atom is -0.481 e. The molecule has 0 radical (unpaired) electrons. The fraction of sp³-hybridized carbons (Fsp3) is 0.529. The molecule has 1 aliphatic heterocycles. The number of carboxylic acids is 1. The molecule has 0 fully saturated rings. The van der Waals surface area contributed by atoms with Crippen LogP contribution < -0.4 is 10.1 Å². The Balaban J connectivity index is 2.08. The Morgan fingerprint density at radius 2 is 2.04 bits per heavy atom. The highest BCUT2D eigenvalue weighted by Crippen LogP contribution is 2.31. The molecule has 0 aliphatic carbocycles. The van der Waals surface area contributed by atoms with Crippen LogP contribution in [0.25, 0.3) is 0 Å². The third-order valence-electron chi connectivity index (χ3n) is 4.07. The summed E-state index contributed by atoms with van der Waals surface area (Å²) in [6, 6.07) is 3.97. The molecule has 6 heteroatoms. The van der Waals surface area contributed by atoms with Crippen molar-refractivity contribution in [3.63, 3.8) is 0 Å². The van der Waals surface area contributed by atoms with E-state index in [2.05, 4.69) is 5.32 Å². The lowest BCUT2D eigenvalue weighted by molar-refractivity contribution is -0.140. The van der Waals surface area contributed by atoms with Gasteiger partial charge in [-0.1, -0.05) is 6.07 Å². The Bertz CT molecular complexity index is 597. The number of fused-ring (bicyclic) bond motifs is 1. The van der Waals surface area contributed by atoms with Crippen LogP contribution in [0.15, 0.2) is 12.1 Å². The Morgan fingerprint density at radius 3 is 2.65 bits per heavy atom. The molecule has 23 heavy (non-hydrogen) atoms. The lowest BCUT2D eigenvalue weighted by Gasteiger charge is -2.29. The van der Waals surface area contributed by atoms with Gasteiger partial charge in [-0.25, -0.2) is 0 Å². The van der Waals surface area contributed by atoms with E-state index in [1.54, 1.807) is 6.92 Å². The summed E-state index contributed by atoms with van der Waals surface area (Å²) in [7, 11) is 1.47. The summed E-state index contributed by atoms with van der Waals surface area (Å²) in [6.45, 7) is 5.78. The lowest BCUT2D eigenvalue weighted by Crippen LogP contribution is -2.54. The molecule has 0 saturated carbocycles. The molecule has 6 nitrogen and oxygen atoms in total. The summed E-state index contributed by atoms with van der Waals surface area (Å²) >= 11 is 0. The van der Waals surface area contributed by atoms with Crippen molar-refractivity contribution < 1.29 is 24.2 Å². The first-order valence-electron chi connectivity index (χ1n) is 7.53. The first kappa shape index (κ1) is 17.3. The number of nitrogens with one attached hydrogen (secondary N) is 1. The maximum Gasteiger partial charge on any atom is 0.305 e. The number of methoxy groups -OCH3 is 1. The molecule has 2 atom stereocenters. The maximum absolute atomic E-state index is 12.5. The van der Waals surface area contributed by atoms with Gasteiger partial charge in [0.25, 0.3) is 5.91 Å². The van der Waals surface area contributed by atoms with Gasteiger partial charge in [-0.3, -0.25) is 9.59 Å². The first-order valence-corrected chi connectivity index (χ1v) is 7.53. The van der Waals surface area contributed by atoms with Gasteiger partial charge in [0.2, 0.25) is 0 Å². The number of carboxylic acid groups (broad SMARTS) is 1. The summed E-state index contributed by atoms with van der Waals surface area (Å²) in [6.07, 6.45) is -0.376. The zero-order valence-corrected chi connectivity index (χ0v) is 13.9. The Labute approximate surface area is 135 Å². The smallest absolute Gasteiger partial charge is 0.305 e. The lowest BCUT2D eigenvalue weighted by atomic mass is 9.98. The van der Waals surface area contributed by atoms with Crippen molar-refractivity contribution in [3.05, 3.63) is 28.8 Å². The summed E-state index contributed by atoms with van der Waals surface area (Å²) in [4.78, 5) is 23.5. The van der Waals surface area contributed by atoms with Gasteiger partial charge in [0.1, 0.15) is 5.75 Å². The molecular weight excluding hydrogens is 298 g/mol. The first-order chi connectivity index (χ1) is 10.7. The predicted octanol–water partition coefficient (Wildman–Crippen LogP) is 1.60. The van der Waals surface area contributed by atoms with Crippen LogP contribution >= 0.6 is 0 Å². The van der Waals surface area contributed by atoms with E-state index in [9.17, 15) is 9.59 Å². The second-order valence-electron chi connectivity index (χ2n) is 6.41. The van der Waals surface area contributed by atoms with Gasteiger partial charge in [-0.15, -0.1) is 0 Å². The number of hydrogen-bond donors (Lipinski definition) is 2. The number of carbonyl (C=O) groups excluding carboxylic acids is 1. The van der Waals surface area contributed by atoms with Crippen LogP contribution in [-0.4, -0.2) is 42.3 Å². The van der Waals surface area contributed by atoms with Crippen molar-refractivity contribution in [2.45, 2.75) is 45.3 Å². The largest absolute Gasteiger partial charge is 0.481 e. The molecule has 1 aromatic carbocycles. The quantitative estimate of drug-likeness (QED) is 0.831. The summed E-state index contributed by atoms with van der Waals surface area (Å²) in [5.74, 6) is -0.594. The number of rotatable bonds is 6. The van der Waals surface area contributed by atoms with Gasteiger partial charge in [0.05, 0.1) is 18.6 Å². The van der Waals surface area contributed by atoms with Crippen LogP contribution in [0, 0.1) is 13.8 Å². The zero-order valence-electron chi connectivity index (χ0n) is 13.9. The molecule has 0 saturated heterocycles. The van der Waals surface area contributed by atoms with Gasteiger partial charge in [0, 0.05) is 13.5 Å². The van der Waals surface area contributed by atoms with Crippen molar-refractivity contribution in [3.8, 4) is 5.75 Å². The molecule has 0 aromatic heterocycles. The van der Waals surface area contributed by atoms with Crippen molar-refractivity contribution in [2.24, 2.45) is 0 Å². The topological polar surface area (TPSA) is 84.9 Å². The average Bonchev–Trinajstić information content (AvgIpc) is 2.81. The highest BCUT2D eigenvalue weighted by atomic mass is 16.5. The molecule has 1 amide bonds. The molecule has 126 valence electrons. The van der Waals surface area contributed by atoms with E-state index in [4.69, 9.17) is 14.6 Å². The van der Waals surface area contributed by atoms with Gasteiger partial charge >= 0.3 is 5.97 Å². The second-order valence-corrected chi connectivity index (χ2v) is 6.41. The summed E-state index contributed by atoms with van der Waals surface area (Å²) in [5, 5.41) is 11.8. The molecule has 1 aromatic rings. The van der Waals surface area contributed by atoms with Crippen LogP contribution in [0.2, 0.25) is 0 Å². The number of carbonyl (C=O) groups is 2. The summed E-state index contributed by atoms with van der Waals surface area (Å²) in [5.41, 5.74) is 2.30. The van der Waals surface area contributed by atoms with Crippen LogP contribution in [0.3, 0.4) is 0 Å². The van der Waals surface area contributed by atoms with Crippen LogP contribution in [0.1, 0.15) is 30.0 Å². The minimum atomic E-state index is -0.994. The molecule has 0 spiro atoms. The van der Waals surface area contributed by atoms with E-state index in [1.165, 1.54) is 7.11 Å². The highest BCUT2D eigenvalue weighted by Gasteiger charge is 2.35. The number of aryl methyl sites for hydroxylation is 2. The van der Waals surface area contributed by atoms with Crippen LogP contribution in [0.4, 0.5) is 0 Å². The van der Waals surface area contributed by atoms with Gasteiger partial charge in [-0.2, -0.15) is 0 Å². The fourth-order valence-electron chi connectivity index (χ4n) is 2.82. The SMILES string of the molecule is COCC(C)(CC(=O)O)NC(=O)C1Cc2cc(C)c(C)cc2O1. The van der Waals surface area contributed by atoms with Crippen LogP contribution in [-0.2, 0) is 20.7 Å². The molecule has 2 unspecified atom stereocenters. The van der Waals surface area contributed by atoms with Crippen molar-refractivity contribution >= 4 is 11.9 Å². The van der Waals surface area contributed by atoms with Gasteiger partial charge < -0.3 is 19.9 Å². The van der Waals surface area contributed by atoms with E-state index in [0.717, 1.165) is 22.4 Å². The predicted molar refractivity (Wildman–Crippen MR) is 84.7 cm³/mol. The zero-order chi connectivity index (χ0) is 17.2. The summed E-state index contributed by atoms with van der Waals surface area (Å²) < 4.78 is 10.8. The third-order valence-corrected chi connectivity index (χ3v) is 4.07. The Hall–Kier alpha value is -2.08. The third kappa shape index (κ3) is 4.01. The number of benzene rings is 1. The molecule has 2 N–H and O–H groups in total. The second kappa shape index (κ2) is 6.58. The minimum absolute atomic E-state index is 0.114. The monoisotopic (exact) mass is 321 g/mol. The van der Waals surface area contributed by atoms with Crippen molar-refractivity contribution in [1.29, 1.82) is 0 Å². The standard InChI is InChI=1S/C17H23NO5/c1-10-5-12-7-14(23-13(12)6-11(10)2)16(21)18-17(3,9-22-4)8-15(19)20/h5-6,14H,7-9H2,1-4H3,(H,18,21)(H,19,20). The maximum atomic E-state index is 12.5. The van der Waals surface area contributed by atoms with Gasteiger partial charge in [0.15, 0.2) is 6.10 Å². The van der Waals surface area contributed by atoms with E-state index >= 15 is 0 Å². The number of ether oxygens (including phenoxy) is 2. The number of amides is 1. The van der Waals surface area contributed by atoms with Crippen molar-refractivity contribution in [1.82, 2.24) is 5.32 Å². The van der Waals surface area contributed by atoms with E-state index in [-0.39, 0.29) is 18.9 Å². The number of aliphatic carboxylic acids is 1.